The van der Waals surface area contributed by atoms with E-state index in [1.807, 2.05) is 18.2 Å². The molecule has 3 aliphatic rings. The smallest absolute Gasteiger partial charge is 0.343 e. The summed E-state index contributed by atoms with van der Waals surface area (Å²) in [5.41, 5.74) is 1.06. The van der Waals surface area contributed by atoms with E-state index in [4.69, 9.17) is 9.47 Å². The molecule has 2 atom stereocenters. The van der Waals surface area contributed by atoms with Crippen LogP contribution in [0.4, 0.5) is 10.5 Å². The molecular formula is C20H21N3O6S. The number of hydrogen-bond donors (Lipinski definition) is 2. The van der Waals surface area contributed by atoms with Crippen LogP contribution in [-0.2, 0) is 23.9 Å². The predicted molar refractivity (Wildman–Crippen MR) is 107 cm³/mol. The van der Waals surface area contributed by atoms with E-state index in [1.165, 1.54) is 16.7 Å². The molecule has 30 heavy (non-hydrogen) atoms. The Bertz CT molecular complexity index is 977. The Kier molecular flexibility index (Phi) is 5.19. The molecule has 1 fully saturated rings. The van der Waals surface area contributed by atoms with Gasteiger partial charge >= 0.3 is 18.0 Å². The second kappa shape index (κ2) is 7.67. The molecule has 2 N–H and O–H groups in total. The number of nitrogens with one attached hydrogen (secondary N) is 2. The fourth-order valence-corrected chi connectivity index (χ4v) is 5.33. The summed E-state index contributed by atoms with van der Waals surface area (Å²) in [5.74, 6) is -1.33. The van der Waals surface area contributed by atoms with Crippen LogP contribution in [0.5, 0.6) is 0 Å². The Labute approximate surface area is 177 Å². The minimum Gasteiger partial charge on any atom is -0.463 e. The van der Waals surface area contributed by atoms with Crippen molar-refractivity contribution in [2.75, 3.05) is 18.1 Å². The van der Waals surface area contributed by atoms with Crippen molar-refractivity contribution in [1.29, 1.82) is 0 Å². The first-order valence-electron chi connectivity index (χ1n) is 9.63. The highest BCUT2D eigenvalue weighted by atomic mass is 32.2. The molecule has 1 saturated heterocycles. The monoisotopic (exact) mass is 431 g/mol. The lowest BCUT2D eigenvalue weighted by Crippen LogP contribution is -2.51. The molecule has 0 unspecified atom stereocenters. The molecule has 1 aromatic rings. The lowest BCUT2D eigenvalue weighted by atomic mass is 10.0. The number of carbonyl (C=O) groups excluding carboxylic acids is 4. The molecule has 9 nitrogen and oxygen atoms in total. The highest BCUT2D eigenvalue weighted by Gasteiger charge is 2.58. The molecule has 0 aromatic heterocycles. The lowest BCUT2D eigenvalue weighted by Gasteiger charge is -2.30. The van der Waals surface area contributed by atoms with Crippen molar-refractivity contribution in [2.45, 2.75) is 42.5 Å². The molecule has 10 heteroatoms. The number of rotatable bonds is 5. The average molecular weight is 431 g/mol. The molecule has 1 aromatic carbocycles. The van der Waals surface area contributed by atoms with E-state index in [-0.39, 0.29) is 36.8 Å². The Morgan fingerprint density at radius 2 is 2.03 bits per heavy atom. The highest BCUT2D eigenvalue weighted by Crippen LogP contribution is 2.56. The summed E-state index contributed by atoms with van der Waals surface area (Å²) in [4.78, 5) is 51.0. The number of ether oxygens (including phenoxy) is 2. The number of carbonyl (C=O) groups is 4. The quantitative estimate of drug-likeness (QED) is 0.682. The van der Waals surface area contributed by atoms with E-state index in [2.05, 4.69) is 10.6 Å². The van der Waals surface area contributed by atoms with E-state index in [0.717, 1.165) is 4.90 Å². The van der Waals surface area contributed by atoms with Crippen LogP contribution in [0, 0.1) is 0 Å². The summed E-state index contributed by atoms with van der Waals surface area (Å²) in [6, 6.07) is 6.22. The number of thioether (sulfide) groups is 1. The first-order valence-corrected chi connectivity index (χ1v) is 10.4. The zero-order chi connectivity index (χ0) is 21.5. The minimum atomic E-state index is -1.17. The van der Waals surface area contributed by atoms with Gasteiger partial charge in [0.05, 0.1) is 29.6 Å². The molecule has 0 saturated carbocycles. The number of esters is 2. The van der Waals surface area contributed by atoms with Gasteiger partial charge in [-0.1, -0.05) is 23.9 Å². The van der Waals surface area contributed by atoms with Gasteiger partial charge in [0.2, 0.25) is 5.91 Å². The summed E-state index contributed by atoms with van der Waals surface area (Å²) < 4.78 is 10.6. The van der Waals surface area contributed by atoms with Crippen LogP contribution in [-0.4, -0.2) is 48.0 Å². The molecule has 4 rings (SSSR count). The van der Waals surface area contributed by atoms with E-state index >= 15 is 0 Å². The summed E-state index contributed by atoms with van der Waals surface area (Å²) in [6.45, 7) is 3.18. The molecule has 158 valence electrons. The number of nitrogens with zero attached hydrogens (tertiary/aromatic N) is 1. The lowest BCUT2D eigenvalue weighted by molar-refractivity contribution is -0.146. The van der Waals surface area contributed by atoms with Crippen molar-refractivity contribution in [3.8, 4) is 0 Å². The number of para-hydroxylation sites is 1. The minimum absolute atomic E-state index is 0.139. The molecule has 0 radical (unpaired) electrons. The number of benzene rings is 1. The predicted octanol–water partition coefficient (Wildman–Crippen LogP) is 1.68. The number of urea groups is 1. The fourth-order valence-electron chi connectivity index (χ4n) is 3.92. The average Bonchev–Trinajstić information content (AvgIpc) is 3.21. The number of hydrogen-bond acceptors (Lipinski definition) is 7. The maximum atomic E-state index is 13.2. The maximum absolute atomic E-state index is 13.2. The first kappa shape index (κ1) is 20.3. The van der Waals surface area contributed by atoms with Crippen LogP contribution in [0.25, 0.3) is 0 Å². The fraction of sp³-hybridized carbons (Fsp3) is 0.400. The molecule has 3 heterocycles. The van der Waals surface area contributed by atoms with Crippen LogP contribution in [0.1, 0.15) is 26.7 Å². The van der Waals surface area contributed by atoms with Crippen molar-refractivity contribution >= 4 is 41.3 Å². The normalized spacial score (nSPS) is 24.7. The van der Waals surface area contributed by atoms with Crippen molar-refractivity contribution in [1.82, 2.24) is 10.6 Å². The van der Waals surface area contributed by atoms with Gasteiger partial charge in [0, 0.05) is 17.7 Å². The molecule has 0 aliphatic carbocycles. The summed E-state index contributed by atoms with van der Waals surface area (Å²) in [6.07, 6.45) is 0.559. The second-order valence-electron chi connectivity index (χ2n) is 7.09. The van der Waals surface area contributed by atoms with Crippen molar-refractivity contribution in [2.24, 2.45) is 0 Å². The largest absolute Gasteiger partial charge is 0.463 e. The van der Waals surface area contributed by atoms with Crippen LogP contribution in [0.15, 0.2) is 40.4 Å². The highest BCUT2D eigenvalue weighted by molar-refractivity contribution is 8.02. The third kappa shape index (κ3) is 3.20. The molecule has 3 aliphatic heterocycles. The van der Waals surface area contributed by atoms with Gasteiger partial charge in [-0.25, -0.2) is 14.4 Å². The van der Waals surface area contributed by atoms with Crippen molar-refractivity contribution < 1.29 is 28.7 Å². The van der Waals surface area contributed by atoms with Gasteiger partial charge in [0.25, 0.3) is 0 Å². The SMILES string of the molecule is CCOC(=O)C1=C(COC(=O)[C@]23CCC(=O)N2c2ccccc2S3)NC(=O)N[C@@H]1C. The van der Waals surface area contributed by atoms with Gasteiger partial charge in [0.15, 0.2) is 4.87 Å². The van der Waals surface area contributed by atoms with Crippen molar-refractivity contribution in [3.63, 3.8) is 0 Å². The zero-order valence-electron chi connectivity index (χ0n) is 16.5. The summed E-state index contributed by atoms with van der Waals surface area (Å²) in [5, 5.41) is 5.12. The van der Waals surface area contributed by atoms with E-state index < -0.39 is 28.9 Å². The van der Waals surface area contributed by atoms with Gasteiger partial charge in [0.1, 0.15) is 6.61 Å². The van der Waals surface area contributed by atoms with Gasteiger partial charge in [-0.15, -0.1) is 0 Å². The summed E-state index contributed by atoms with van der Waals surface area (Å²) >= 11 is 1.29. The van der Waals surface area contributed by atoms with Gasteiger partial charge < -0.3 is 20.1 Å². The topological polar surface area (TPSA) is 114 Å². The van der Waals surface area contributed by atoms with E-state index in [1.54, 1.807) is 19.9 Å². The molecular weight excluding hydrogens is 410 g/mol. The Hall–Kier alpha value is -3.01. The third-order valence-electron chi connectivity index (χ3n) is 5.21. The first-order chi connectivity index (χ1) is 14.4. The Morgan fingerprint density at radius 1 is 1.27 bits per heavy atom. The number of fused-ring (bicyclic) bond motifs is 3. The standard InChI is InChI=1S/C20H21N3O6S/c1-3-28-17(25)16-11(2)21-19(27)22-12(16)10-29-18(26)20-9-8-15(24)23(20)13-6-4-5-7-14(13)30-20/h4-7,11H,3,8-10H2,1-2H3,(H2,21,22,27)/t11-,20-/m1/s1. The number of amides is 3. The molecule has 0 spiro atoms. The van der Waals surface area contributed by atoms with Gasteiger partial charge in [-0.2, -0.15) is 0 Å². The Morgan fingerprint density at radius 3 is 2.80 bits per heavy atom. The zero-order valence-corrected chi connectivity index (χ0v) is 17.3. The van der Waals surface area contributed by atoms with Gasteiger partial charge in [-0.05, 0) is 26.0 Å². The van der Waals surface area contributed by atoms with Crippen LogP contribution >= 0.6 is 11.8 Å². The van der Waals surface area contributed by atoms with Crippen molar-refractivity contribution in [3.05, 3.63) is 35.5 Å². The molecule has 0 bridgehead atoms. The van der Waals surface area contributed by atoms with E-state index in [9.17, 15) is 19.2 Å². The third-order valence-corrected chi connectivity index (χ3v) is 6.66. The summed E-state index contributed by atoms with van der Waals surface area (Å²) in [7, 11) is 0. The second-order valence-corrected chi connectivity index (χ2v) is 8.41. The van der Waals surface area contributed by atoms with Crippen LogP contribution < -0.4 is 15.5 Å². The Balaban J connectivity index is 1.58. The van der Waals surface area contributed by atoms with Gasteiger partial charge in [-0.3, -0.25) is 9.69 Å². The van der Waals surface area contributed by atoms with E-state index in [0.29, 0.717) is 12.1 Å². The van der Waals surface area contributed by atoms with Crippen LogP contribution in [0.2, 0.25) is 0 Å². The van der Waals surface area contributed by atoms with Crippen LogP contribution in [0.3, 0.4) is 0 Å². The molecule has 3 amide bonds. The number of anilines is 1. The maximum Gasteiger partial charge on any atom is 0.343 e.